The minimum Gasteiger partial charge on any atom is -0.123 e. The summed E-state index contributed by atoms with van der Waals surface area (Å²) in [5.74, 6) is 0. The van der Waals surface area contributed by atoms with Crippen molar-refractivity contribution in [1.82, 2.24) is 0 Å². The lowest BCUT2D eigenvalue weighted by atomic mass is 10.0. The molecule has 0 fully saturated rings. The number of unbranched alkanes of at least 4 members (excludes halogenated alkanes) is 7. The Balaban J connectivity index is 3.34. The zero-order valence-electron chi connectivity index (χ0n) is 13.7. The van der Waals surface area contributed by atoms with Crippen molar-refractivity contribution in [3.05, 3.63) is 0 Å². The number of alkyl halides is 8. The quantitative estimate of drug-likeness (QED) is 0.174. The molecule has 2 unspecified atom stereocenters. The van der Waals surface area contributed by atoms with Crippen LogP contribution in [0.25, 0.3) is 0 Å². The van der Waals surface area contributed by atoms with Crippen LogP contribution in [0.5, 0.6) is 0 Å². The van der Waals surface area contributed by atoms with E-state index in [9.17, 15) is 0 Å². The summed E-state index contributed by atoms with van der Waals surface area (Å²) >= 11 is 46.6. The molecule has 2 atom stereocenters. The molecule has 24 heavy (non-hydrogen) atoms. The minimum absolute atomic E-state index is 0.0614. The summed E-state index contributed by atoms with van der Waals surface area (Å²) in [6.45, 7) is 0. The van der Waals surface area contributed by atoms with E-state index in [-0.39, 0.29) is 10.8 Å². The molecule has 0 radical (unpaired) electrons. The van der Waals surface area contributed by atoms with E-state index < -0.39 is 7.59 Å². The predicted molar refractivity (Wildman–Crippen MR) is 115 cm³/mol. The fraction of sp³-hybridized carbons (Fsp3) is 1.00. The third kappa shape index (κ3) is 20.6. The molecule has 0 rings (SSSR count). The van der Waals surface area contributed by atoms with Crippen LogP contribution in [0.4, 0.5) is 0 Å². The van der Waals surface area contributed by atoms with E-state index >= 15 is 0 Å². The standard InChI is InChI=1S/C16H26Cl8/c17-13(11-15(19,20)21)9-7-5-3-1-2-4-6-8-10-14(18)12-16(22,23)24/h13-14H,1-12H2. The van der Waals surface area contributed by atoms with Gasteiger partial charge in [-0.2, -0.15) is 0 Å². The summed E-state index contributed by atoms with van der Waals surface area (Å²) in [5.41, 5.74) is 0. The van der Waals surface area contributed by atoms with Crippen LogP contribution in [0.15, 0.2) is 0 Å². The summed E-state index contributed by atoms with van der Waals surface area (Å²) < 4.78 is -2.49. The van der Waals surface area contributed by atoms with Crippen molar-refractivity contribution in [2.45, 2.75) is 95.4 Å². The van der Waals surface area contributed by atoms with Crippen molar-refractivity contribution in [2.24, 2.45) is 0 Å². The van der Waals surface area contributed by atoms with Crippen LogP contribution in [0.3, 0.4) is 0 Å². The molecule has 0 heterocycles. The van der Waals surface area contributed by atoms with Gasteiger partial charge in [-0.25, -0.2) is 0 Å². The smallest absolute Gasteiger partial charge is 0.123 e. The molecule has 0 aliphatic rings. The number of hydrogen-bond donors (Lipinski definition) is 0. The van der Waals surface area contributed by atoms with Crippen molar-refractivity contribution in [1.29, 1.82) is 0 Å². The average Bonchev–Trinajstić information content (AvgIpc) is 2.36. The van der Waals surface area contributed by atoms with Gasteiger partial charge in [0.25, 0.3) is 0 Å². The Morgan fingerprint density at radius 2 is 0.708 bits per heavy atom. The molecule has 0 saturated carbocycles. The second-order valence-electron chi connectivity index (χ2n) is 6.24. The molecule has 0 bridgehead atoms. The van der Waals surface area contributed by atoms with Crippen molar-refractivity contribution in [3.63, 3.8) is 0 Å². The maximum atomic E-state index is 6.14. The maximum absolute atomic E-state index is 6.14. The topological polar surface area (TPSA) is 0 Å². The summed E-state index contributed by atoms with van der Waals surface area (Å²) in [7, 11) is 0. The Kier molecular flexibility index (Phi) is 15.7. The highest BCUT2D eigenvalue weighted by molar-refractivity contribution is 6.68. The van der Waals surface area contributed by atoms with Crippen molar-refractivity contribution in [3.8, 4) is 0 Å². The van der Waals surface area contributed by atoms with E-state index in [4.69, 9.17) is 92.8 Å². The molecule has 0 spiro atoms. The summed E-state index contributed by atoms with van der Waals surface area (Å²) in [6.07, 6.45) is 12.1. The third-order valence-corrected chi connectivity index (χ3v) is 5.36. The largest absolute Gasteiger partial charge is 0.192 e. The number of hydrogen-bond acceptors (Lipinski definition) is 0. The minimum atomic E-state index is -1.24. The number of halogens is 8. The van der Waals surface area contributed by atoms with Crippen LogP contribution in [0.1, 0.15) is 77.0 Å². The molecular formula is C16H26Cl8. The van der Waals surface area contributed by atoms with Crippen LogP contribution in [-0.2, 0) is 0 Å². The molecule has 0 nitrogen and oxygen atoms in total. The fourth-order valence-corrected chi connectivity index (χ4v) is 4.86. The van der Waals surface area contributed by atoms with Crippen LogP contribution < -0.4 is 0 Å². The van der Waals surface area contributed by atoms with Crippen LogP contribution in [-0.4, -0.2) is 18.3 Å². The van der Waals surface area contributed by atoms with Crippen LogP contribution >= 0.6 is 92.8 Å². The maximum Gasteiger partial charge on any atom is 0.192 e. The van der Waals surface area contributed by atoms with Crippen molar-refractivity contribution in [2.75, 3.05) is 0 Å². The molecule has 0 aromatic heterocycles. The highest BCUT2D eigenvalue weighted by Crippen LogP contribution is 2.35. The first-order valence-corrected chi connectivity index (χ1v) is 11.6. The summed E-state index contributed by atoms with van der Waals surface area (Å²) in [4.78, 5) is 0. The molecule has 0 N–H and O–H groups in total. The van der Waals surface area contributed by atoms with Gasteiger partial charge >= 0.3 is 0 Å². The molecule has 0 aromatic carbocycles. The second kappa shape index (κ2) is 14.3. The van der Waals surface area contributed by atoms with Crippen molar-refractivity contribution >= 4 is 92.8 Å². The van der Waals surface area contributed by atoms with E-state index in [2.05, 4.69) is 0 Å². The normalized spacial score (nSPS) is 15.5. The van der Waals surface area contributed by atoms with E-state index in [1.165, 1.54) is 38.5 Å². The van der Waals surface area contributed by atoms with E-state index in [0.717, 1.165) is 25.7 Å². The van der Waals surface area contributed by atoms with Crippen molar-refractivity contribution < 1.29 is 0 Å². The van der Waals surface area contributed by atoms with Crippen LogP contribution in [0.2, 0.25) is 0 Å². The zero-order valence-corrected chi connectivity index (χ0v) is 19.7. The summed E-state index contributed by atoms with van der Waals surface area (Å²) in [5, 5.41) is -0.123. The lowest BCUT2D eigenvalue weighted by Crippen LogP contribution is -2.11. The van der Waals surface area contributed by atoms with Gasteiger partial charge in [0, 0.05) is 23.6 Å². The van der Waals surface area contributed by atoms with Gasteiger partial charge in [-0.3, -0.25) is 0 Å². The Labute approximate surface area is 187 Å². The molecule has 146 valence electrons. The van der Waals surface area contributed by atoms with Gasteiger partial charge in [-0.1, -0.05) is 121 Å². The molecule has 0 saturated heterocycles. The van der Waals surface area contributed by atoms with Crippen LogP contribution in [0, 0.1) is 0 Å². The van der Waals surface area contributed by atoms with Gasteiger partial charge < -0.3 is 0 Å². The van der Waals surface area contributed by atoms with Gasteiger partial charge in [0.1, 0.15) is 0 Å². The highest BCUT2D eigenvalue weighted by Gasteiger charge is 2.24. The second-order valence-corrected chi connectivity index (χ2v) is 12.5. The first-order chi connectivity index (χ1) is 11.0. The Bertz CT molecular complexity index is 267. The van der Waals surface area contributed by atoms with Gasteiger partial charge in [-0.05, 0) is 12.8 Å². The molecule has 8 heteroatoms. The lowest BCUT2D eigenvalue weighted by Gasteiger charge is -2.15. The van der Waals surface area contributed by atoms with E-state index in [1.807, 2.05) is 0 Å². The first-order valence-electron chi connectivity index (χ1n) is 8.41. The Morgan fingerprint density at radius 3 is 0.958 bits per heavy atom. The van der Waals surface area contributed by atoms with E-state index in [0.29, 0.717) is 12.8 Å². The monoisotopic (exact) mass is 498 g/mol. The summed E-state index contributed by atoms with van der Waals surface area (Å²) in [6, 6.07) is 0. The highest BCUT2D eigenvalue weighted by atomic mass is 35.6. The Morgan fingerprint density at radius 1 is 0.458 bits per heavy atom. The van der Waals surface area contributed by atoms with Gasteiger partial charge in [0.2, 0.25) is 0 Å². The zero-order chi connectivity index (χ0) is 18.6. The molecule has 0 amide bonds. The molecule has 0 aromatic rings. The average molecular weight is 502 g/mol. The van der Waals surface area contributed by atoms with E-state index in [1.54, 1.807) is 0 Å². The van der Waals surface area contributed by atoms with Gasteiger partial charge in [-0.15, -0.1) is 23.2 Å². The fourth-order valence-electron chi connectivity index (χ4n) is 2.50. The molecule has 0 aliphatic heterocycles. The third-order valence-electron chi connectivity index (χ3n) is 3.69. The van der Waals surface area contributed by atoms with Gasteiger partial charge in [0.05, 0.1) is 0 Å². The predicted octanol–water partition coefficient (Wildman–Crippen LogP) is 9.62. The first kappa shape index (κ1) is 26.3. The molecule has 0 aliphatic carbocycles. The SMILES string of the molecule is ClC(CCCCCCCCCCC(Cl)CC(Cl)(Cl)Cl)CC(Cl)(Cl)Cl. The lowest BCUT2D eigenvalue weighted by molar-refractivity contribution is 0.537. The number of rotatable bonds is 13. The van der Waals surface area contributed by atoms with Gasteiger partial charge in [0.15, 0.2) is 7.59 Å². The Hall–Kier alpha value is 2.32. The molecular weight excluding hydrogens is 476 g/mol.